The molecular formula is C24H20N6O4S. The molecule has 10 nitrogen and oxygen atoms in total. The number of benzene rings is 2. The third-order valence-corrected chi connectivity index (χ3v) is 6.69. The Kier molecular flexibility index (Phi) is 5.75. The molecule has 176 valence electrons. The van der Waals surface area contributed by atoms with Gasteiger partial charge in [0.05, 0.1) is 19.9 Å². The molecule has 0 amide bonds. The van der Waals surface area contributed by atoms with E-state index in [9.17, 15) is 8.42 Å². The Morgan fingerprint density at radius 2 is 1.69 bits per heavy atom. The highest BCUT2D eigenvalue weighted by Gasteiger charge is 2.21. The zero-order valence-electron chi connectivity index (χ0n) is 18.8. The normalized spacial score (nSPS) is 11.4. The molecular weight excluding hydrogens is 468 g/mol. The number of hydrogen-bond acceptors (Lipinski definition) is 8. The first-order valence-electron chi connectivity index (χ1n) is 10.5. The van der Waals surface area contributed by atoms with Gasteiger partial charge < -0.3 is 9.47 Å². The van der Waals surface area contributed by atoms with Gasteiger partial charge in [0.25, 0.3) is 10.0 Å². The maximum Gasteiger partial charge on any atom is 0.265 e. The second-order valence-electron chi connectivity index (χ2n) is 7.45. The highest BCUT2D eigenvalue weighted by molar-refractivity contribution is 7.92. The van der Waals surface area contributed by atoms with Crippen LogP contribution in [0.4, 0.5) is 5.69 Å². The van der Waals surface area contributed by atoms with Crippen molar-refractivity contribution in [3.8, 4) is 34.1 Å². The predicted octanol–water partition coefficient (Wildman–Crippen LogP) is 3.67. The van der Waals surface area contributed by atoms with E-state index in [0.29, 0.717) is 34.2 Å². The number of ether oxygens (including phenoxy) is 2. The molecule has 0 atom stereocenters. The van der Waals surface area contributed by atoms with Crippen molar-refractivity contribution >= 4 is 21.4 Å². The lowest BCUT2D eigenvalue weighted by molar-refractivity contribution is 0.386. The molecule has 3 heterocycles. The van der Waals surface area contributed by atoms with Crippen molar-refractivity contribution in [2.75, 3.05) is 18.9 Å². The fraction of sp³-hybridized carbons (Fsp3) is 0.0833. The number of hydrogen-bond donors (Lipinski definition) is 1. The van der Waals surface area contributed by atoms with Crippen LogP contribution < -0.4 is 14.2 Å². The van der Waals surface area contributed by atoms with Gasteiger partial charge in [0.15, 0.2) is 11.5 Å². The van der Waals surface area contributed by atoms with Crippen molar-refractivity contribution in [2.45, 2.75) is 4.90 Å². The first-order valence-corrected chi connectivity index (χ1v) is 11.9. The maximum atomic E-state index is 13.1. The van der Waals surface area contributed by atoms with E-state index in [-0.39, 0.29) is 10.6 Å². The average molecular weight is 489 g/mol. The Bertz CT molecular complexity index is 1620. The molecule has 0 unspecified atom stereocenters. The molecule has 0 spiro atoms. The van der Waals surface area contributed by atoms with Crippen LogP contribution >= 0.6 is 0 Å². The summed E-state index contributed by atoms with van der Waals surface area (Å²) in [7, 11) is -1.03. The number of anilines is 1. The molecule has 0 aliphatic heterocycles. The number of nitrogens with zero attached hydrogens (tertiary/aromatic N) is 5. The molecule has 0 aliphatic rings. The molecule has 3 aromatic heterocycles. The van der Waals surface area contributed by atoms with Crippen LogP contribution in [0.25, 0.3) is 28.3 Å². The van der Waals surface area contributed by atoms with Gasteiger partial charge in [0.1, 0.15) is 16.4 Å². The van der Waals surface area contributed by atoms with E-state index in [1.54, 1.807) is 53.3 Å². The fourth-order valence-electron chi connectivity index (χ4n) is 3.57. The van der Waals surface area contributed by atoms with Crippen LogP contribution in [-0.4, -0.2) is 47.4 Å². The van der Waals surface area contributed by atoms with Crippen LogP contribution in [0.5, 0.6) is 11.5 Å². The molecule has 1 N–H and O–H groups in total. The number of sulfonamides is 1. The van der Waals surface area contributed by atoms with Gasteiger partial charge in [-0.3, -0.25) is 9.71 Å². The van der Waals surface area contributed by atoms with E-state index in [0.717, 1.165) is 5.56 Å². The van der Waals surface area contributed by atoms with Crippen molar-refractivity contribution < 1.29 is 17.9 Å². The van der Waals surface area contributed by atoms with E-state index in [1.165, 1.54) is 26.4 Å². The molecule has 0 aliphatic carbocycles. The van der Waals surface area contributed by atoms with Crippen molar-refractivity contribution in [1.29, 1.82) is 0 Å². The first-order chi connectivity index (χ1) is 17.0. The summed E-state index contributed by atoms with van der Waals surface area (Å²) >= 11 is 0. The molecule has 0 saturated heterocycles. The van der Waals surface area contributed by atoms with Gasteiger partial charge >= 0.3 is 0 Å². The molecule has 0 saturated carbocycles. The van der Waals surface area contributed by atoms with Gasteiger partial charge in [-0.15, -0.1) is 10.2 Å². The van der Waals surface area contributed by atoms with Gasteiger partial charge in [0, 0.05) is 35.3 Å². The topological polar surface area (TPSA) is 121 Å². The van der Waals surface area contributed by atoms with Crippen LogP contribution in [-0.2, 0) is 10.0 Å². The predicted molar refractivity (Wildman–Crippen MR) is 130 cm³/mol. The number of rotatable bonds is 7. The van der Waals surface area contributed by atoms with Crippen LogP contribution in [0.3, 0.4) is 0 Å². The zero-order valence-corrected chi connectivity index (χ0v) is 19.6. The molecule has 5 rings (SSSR count). The van der Waals surface area contributed by atoms with Crippen molar-refractivity contribution in [3.63, 3.8) is 0 Å². The average Bonchev–Trinajstić information content (AvgIpc) is 3.32. The minimum absolute atomic E-state index is 0.00256. The monoisotopic (exact) mass is 488 g/mol. The summed E-state index contributed by atoms with van der Waals surface area (Å²) in [5.41, 5.74) is 3.12. The highest BCUT2D eigenvalue weighted by atomic mass is 32.2. The van der Waals surface area contributed by atoms with Gasteiger partial charge in [-0.1, -0.05) is 12.1 Å². The maximum absolute atomic E-state index is 13.1. The van der Waals surface area contributed by atoms with Crippen LogP contribution in [0.2, 0.25) is 0 Å². The third kappa shape index (κ3) is 4.36. The Balaban J connectivity index is 1.49. The molecule has 5 aromatic rings. The number of nitrogens with one attached hydrogen (secondary N) is 1. The van der Waals surface area contributed by atoms with E-state index in [4.69, 9.17) is 9.47 Å². The summed E-state index contributed by atoms with van der Waals surface area (Å²) in [5.74, 6) is 1.24. The lowest BCUT2D eigenvalue weighted by Gasteiger charge is -2.13. The minimum atomic E-state index is -3.93. The molecule has 35 heavy (non-hydrogen) atoms. The van der Waals surface area contributed by atoms with Gasteiger partial charge in [-0.25, -0.2) is 8.42 Å². The van der Waals surface area contributed by atoms with Gasteiger partial charge in [0.2, 0.25) is 0 Å². The van der Waals surface area contributed by atoms with Gasteiger partial charge in [-0.05, 0) is 48.5 Å². The largest absolute Gasteiger partial charge is 0.497 e. The zero-order chi connectivity index (χ0) is 24.4. The summed E-state index contributed by atoms with van der Waals surface area (Å²) in [6.07, 6.45) is 3.35. The van der Waals surface area contributed by atoms with E-state index < -0.39 is 10.0 Å². The summed E-state index contributed by atoms with van der Waals surface area (Å²) < 4.78 is 40.9. The van der Waals surface area contributed by atoms with E-state index >= 15 is 0 Å². The van der Waals surface area contributed by atoms with Crippen LogP contribution in [0, 0.1) is 0 Å². The molecule has 0 radical (unpaired) electrons. The van der Waals surface area contributed by atoms with Crippen LogP contribution in [0.1, 0.15) is 0 Å². The van der Waals surface area contributed by atoms with Crippen molar-refractivity contribution in [1.82, 2.24) is 24.8 Å². The van der Waals surface area contributed by atoms with E-state index in [1.807, 2.05) is 18.2 Å². The Labute approximate surface area is 201 Å². The number of aromatic nitrogens is 5. The second-order valence-corrected chi connectivity index (χ2v) is 9.10. The summed E-state index contributed by atoms with van der Waals surface area (Å²) in [6, 6.07) is 18.7. The molecule has 0 bridgehead atoms. The quantitative estimate of drug-likeness (QED) is 0.368. The summed E-state index contributed by atoms with van der Waals surface area (Å²) in [4.78, 5) is 4.03. The standard InChI is InChI=1S/C24H20N6O4S/c1-33-19-6-8-22(21(15-19)34-2)35(31,32)29-18-5-3-4-17(14-18)20-7-9-23-26-27-24(30(23)28-20)16-10-12-25-13-11-16/h3-15,29H,1-2H3. The third-order valence-electron chi connectivity index (χ3n) is 5.27. The van der Waals surface area contributed by atoms with E-state index in [2.05, 4.69) is 25.0 Å². The summed E-state index contributed by atoms with van der Waals surface area (Å²) in [5, 5.41) is 13.1. The fourth-order valence-corrected chi connectivity index (χ4v) is 4.77. The number of pyridine rings is 1. The Morgan fingerprint density at radius 1 is 0.857 bits per heavy atom. The number of fused-ring (bicyclic) bond motifs is 1. The lowest BCUT2D eigenvalue weighted by Crippen LogP contribution is -2.14. The minimum Gasteiger partial charge on any atom is -0.497 e. The van der Waals surface area contributed by atoms with Crippen LogP contribution in [0.15, 0.2) is 84.0 Å². The lowest BCUT2D eigenvalue weighted by atomic mass is 10.1. The highest BCUT2D eigenvalue weighted by Crippen LogP contribution is 2.31. The summed E-state index contributed by atoms with van der Waals surface area (Å²) in [6.45, 7) is 0. The van der Waals surface area contributed by atoms with Crippen molar-refractivity contribution in [2.24, 2.45) is 0 Å². The molecule has 0 fully saturated rings. The molecule has 2 aromatic carbocycles. The van der Waals surface area contributed by atoms with Gasteiger partial charge in [-0.2, -0.15) is 9.61 Å². The van der Waals surface area contributed by atoms with Crippen molar-refractivity contribution in [3.05, 3.63) is 79.1 Å². The first kappa shape index (κ1) is 22.3. The Morgan fingerprint density at radius 3 is 2.46 bits per heavy atom. The Hall–Kier alpha value is -4.51. The number of methoxy groups -OCH3 is 2. The SMILES string of the molecule is COc1ccc(S(=O)(=O)Nc2cccc(-c3ccc4nnc(-c5ccncc5)n4n3)c2)c(OC)c1. The second kappa shape index (κ2) is 9.03. The molecule has 11 heteroatoms. The smallest absolute Gasteiger partial charge is 0.265 e.